The molecule has 3 aromatic rings. The van der Waals surface area contributed by atoms with Crippen LogP contribution in [0.4, 0.5) is 0 Å². The highest BCUT2D eigenvalue weighted by Crippen LogP contribution is 2.16. The Morgan fingerprint density at radius 2 is 1.87 bits per heavy atom. The first-order chi connectivity index (χ1) is 14.7. The Hall–Kier alpha value is -2.20. The zero-order valence-corrected chi connectivity index (χ0v) is 20.6. The molecule has 3 heterocycles. The van der Waals surface area contributed by atoms with Gasteiger partial charge in [0.05, 0.1) is 0 Å². The van der Waals surface area contributed by atoms with Crippen LogP contribution in [0.15, 0.2) is 53.7 Å². The van der Waals surface area contributed by atoms with Crippen LogP contribution in [0.2, 0.25) is 0 Å². The number of hydrogen-bond donors (Lipinski definition) is 2. The number of nitrogens with one attached hydrogen (secondary N) is 2. The summed E-state index contributed by atoms with van der Waals surface area (Å²) >= 11 is 0. The molecular weight excluding hydrogens is 501 g/mol. The minimum absolute atomic E-state index is 0. The second kappa shape index (κ2) is 11.4. The van der Waals surface area contributed by atoms with Crippen molar-refractivity contribution in [1.82, 2.24) is 30.1 Å². The van der Waals surface area contributed by atoms with Gasteiger partial charge >= 0.3 is 0 Å². The van der Waals surface area contributed by atoms with Gasteiger partial charge in [-0.3, -0.25) is 14.3 Å². The molecule has 4 rings (SSSR count). The van der Waals surface area contributed by atoms with E-state index in [2.05, 4.69) is 61.9 Å². The average molecular weight is 533 g/mol. The largest absolute Gasteiger partial charge is 0.356 e. The third-order valence-electron chi connectivity index (χ3n) is 5.83. The highest BCUT2D eigenvalue weighted by molar-refractivity contribution is 14.0. The highest BCUT2D eigenvalue weighted by atomic mass is 127. The molecule has 31 heavy (non-hydrogen) atoms. The van der Waals surface area contributed by atoms with Crippen LogP contribution >= 0.6 is 24.0 Å². The van der Waals surface area contributed by atoms with E-state index >= 15 is 0 Å². The molecule has 0 aliphatic carbocycles. The smallest absolute Gasteiger partial charge is 0.191 e. The van der Waals surface area contributed by atoms with Gasteiger partial charge in [-0.25, -0.2) is 0 Å². The Balaban J connectivity index is 0.00000272. The van der Waals surface area contributed by atoms with Gasteiger partial charge in [0.15, 0.2) is 11.6 Å². The SMILES string of the molecule is CN=C(NCCc1nnc2ccccn12)NC1CCN(Cc2ccccc2C)CC1.I. The van der Waals surface area contributed by atoms with Crippen molar-refractivity contribution >= 4 is 35.6 Å². The molecule has 166 valence electrons. The quantitative estimate of drug-likeness (QED) is 0.290. The number of piperidine rings is 1. The van der Waals surface area contributed by atoms with Gasteiger partial charge in [-0.05, 0) is 43.0 Å². The maximum Gasteiger partial charge on any atom is 0.191 e. The van der Waals surface area contributed by atoms with Crippen molar-refractivity contribution in [2.75, 3.05) is 26.7 Å². The Bertz CT molecular complexity index is 992. The molecule has 0 saturated carbocycles. The van der Waals surface area contributed by atoms with Crippen LogP contribution in [-0.4, -0.2) is 58.2 Å². The van der Waals surface area contributed by atoms with E-state index in [1.807, 2.05) is 35.8 Å². The molecule has 1 fully saturated rings. The van der Waals surface area contributed by atoms with Crippen LogP contribution in [0.1, 0.15) is 29.8 Å². The van der Waals surface area contributed by atoms with E-state index in [0.717, 1.165) is 62.9 Å². The zero-order valence-electron chi connectivity index (χ0n) is 18.3. The predicted octanol–water partition coefficient (Wildman–Crippen LogP) is 3.03. The van der Waals surface area contributed by atoms with Gasteiger partial charge in [0.1, 0.15) is 5.82 Å². The number of aliphatic imine (C=N–C) groups is 1. The van der Waals surface area contributed by atoms with Crippen LogP contribution in [0.5, 0.6) is 0 Å². The summed E-state index contributed by atoms with van der Waals surface area (Å²) in [6.07, 6.45) is 5.05. The number of guanidine groups is 1. The standard InChI is InChI=1S/C23H31N7.HI/c1-18-7-3-4-8-19(18)17-29-15-11-20(12-16-29)26-23(24-2)25-13-10-22-28-27-21-9-5-6-14-30(21)22;/h3-9,14,20H,10-13,15-17H2,1-2H3,(H2,24,25,26);1H. The van der Waals surface area contributed by atoms with Crippen LogP contribution in [0.25, 0.3) is 5.65 Å². The molecule has 0 unspecified atom stereocenters. The van der Waals surface area contributed by atoms with E-state index in [0.29, 0.717) is 6.04 Å². The topological polar surface area (TPSA) is 69.8 Å². The van der Waals surface area contributed by atoms with Crippen LogP contribution < -0.4 is 10.6 Å². The second-order valence-corrected chi connectivity index (χ2v) is 7.92. The van der Waals surface area contributed by atoms with Gasteiger partial charge < -0.3 is 10.6 Å². The van der Waals surface area contributed by atoms with Gasteiger partial charge in [0.25, 0.3) is 0 Å². The Labute approximate surface area is 201 Å². The van der Waals surface area contributed by atoms with Crippen molar-refractivity contribution in [3.05, 3.63) is 65.6 Å². The van der Waals surface area contributed by atoms with Crippen LogP contribution in [0.3, 0.4) is 0 Å². The van der Waals surface area contributed by atoms with Crippen molar-refractivity contribution < 1.29 is 0 Å². The van der Waals surface area contributed by atoms with E-state index < -0.39 is 0 Å². The number of pyridine rings is 1. The summed E-state index contributed by atoms with van der Waals surface area (Å²) in [5.41, 5.74) is 3.69. The fourth-order valence-electron chi connectivity index (χ4n) is 4.01. The lowest BCUT2D eigenvalue weighted by Crippen LogP contribution is -2.48. The van der Waals surface area contributed by atoms with Crippen molar-refractivity contribution in [2.45, 2.75) is 38.8 Å². The van der Waals surface area contributed by atoms with Gasteiger partial charge in [-0.15, -0.1) is 34.2 Å². The number of hydrogen-bond acceptors (Lipinski definition) is 4. The molecule has 0 spiro atoms. The minimum Gasteiger partial charge on any atom is -0.356 e. The first kappa shape index (κ1) is 23.5. The number of halogens is 1. The third-order valence-corrected chi connectivity index (χ3v) is 5.83. The molecule has 0 atom stereocenters. The summed E-state index contributed by atoms with van der Waals surface area (Å²) < 4.78 is 2.03. The summed E-state index contributed by atoms with van der Waals surface area (Å²) in [5.74, 6) is 1.82. The fourth-order valence-corrected chi connectivity index (χ4v) is 4.01. The number of aromatic nitrogens is 3. The molecular formula is C23H32IN7. The van der Waals surface area contributed by atoms with Crippen molar-refractivity contribution in [2.24, 2.45) is 4.99 Å². The van der Waals surface area contributed by atoms with E-state index in [9.17, 15) is 0 Å². The molecule has 1 aliphatic heterocycles. The molecule has 1 aromatic carbocycles. The molecule has 7 nitrogen and oxygen atoms in total. The maximum absolute atomic E-state index is 4.40. The number of likely N-dealkylation sites (tertiary alicyclic amines) is 1. The normalized spacial score (nSPS) is 15.6. The predicted molar refractivity (Wildman–Crippen MR) is 136 cm³/mol. The fraction of sp³-hybridized carbons (Fsp3) is 0.435. The lowest BCUT2D eigenvalue weighted by atomic mass is 10.0. The highest BCUT2D eigenvalue weighted by Gasteiger charge is 2.20. The first-order valence-electron chi connectivity index (χ1n) is 10.8. The van der Waals surface area contributed by atoms with Gasteiger partial charge in [0.2, 0.25) is 0 Å². The summed E-state index contributed by atoms with van der Waals surface area (Å²) in [5, 5.41) is 15.5. The molecule has 0 bridgehead atoms. The molecule has 1 aliphatic rings. The van der Waals surface area contributed by atoms with E-state index in [1.54, 1.807) is 0 Å². The number of aryl methyl sites for hydroxylation is 1. The second-order valence-electron chi connectivity index (χ2n) is 7.92. The van der Waals surface area contributed by atoms with Crippen molar-refractivity contribution in [1.29, 1.82) is 0 Å². The molecule has 1 saturated heterocycles. The Morgan fingerprint density at radius 1 is 1.10 bits per heavy atom. The van der Waals surface area contributed by atoms with E-state index in [-0.39, 0.29) is 24.0 Å². The third kappa shape index (κ3) is 6.16. The van der Waals surface area contributed by atoms with Gasteiger partial charge in [-0.1, -0.05) is 30.3 Å². The number of rotatable bonds is 6. The lowest BCUT2D eigenvalue weighted by Gasteiger charge is -2.33. The molecule has 2 aromatic heterocycles. The molecule has 2 N–H and O–H groups in total. The van der Waals surface area contributed by atoms with Crippen molar-refractivity contribution in [3.63, 3.8) is 0 Å². The lowest BCUT2D eigenvalue weighted by molar-refractivity contribution is 0.198. The van der Waals surface area contributed by atoms with Gasteiger partial charge in [0, 0.05) is 51.9 Å². The maximum atomic E-state index is 4.40. The monoisotopic (exact) mass is 533 g/mol. The van der Waals surface area contributed by atoms with E-state index in [1.165, 1.54) is 11.1 Å². The van der Waals surface area contributed by atoms with Crippen LogP contribution in [-0.2, 0) is 13.0 Å². The summed E-state index contributed by atoms with van der Waals surface area (Å²) in [4.78, 5) is 6.95. The van der Waals surface area contributed by atoms with Gasteiger partial charge in [-0.2, -0.15) is 0 Å². The number of nitrogens with zero attached hydrogens (tertiary/aromatic N) is 5. The summed E-state index contributed by atoms with van der Waals surface area (Å²) in [6.45, 7) is 6.21. The Morgan fingerprint density at radius 3 is 2.65 bits per heavy atom. The van der Waals surface area contributed by atoms with E-state index in [4.69, 9.17) is 0 Å². The average Bonchev–Trinajstić information content (AvgIpc) is 3.19. The summed E-state index contributed by atoms with van der Waals surface area (Å²) in [6, 6.07) is 15.1. The molecule has 0 radical (unpaired) electrons. The summed E-state index contributed by atoms with van der Waals surface area (Å²) in [7, 11) is 1.83. The first-order valence-corrected chi connectivity index (χ1v) is 10.8. The zero-order chi connectivity index (χ0) is 20.8. The molecule has 8 heteroatoms. The minimum atomic E-state index is 0. The molecule has 0 amide bonds. The van der Waals surface area contributed by atoms with Crippen molar-refractivity contribution in [3.8, 4) is 0 Å². The number of fused-ring (bicyclic) bond motifs is 1. The number of benzene rings is 1. The van der Waals surface area contributed by atoms with Crippen LogP contribution in [0, 0.1) is 6.92 Å². The Kier molecular flexibility index (Phi) is 8.65.